The summed E-state index contributed by atoms with van der Waals surface area (Å²) in [7, 11) is 0. The largest absolute Gasteiger partial charge is 0.446 e. The highest BCUT2D eigenvalue weighted by atomic mass is 32.2. The van der Waals surface area contributed by atoms with E-state index in [-0.39, 0.29) is 34.6 Å². The minimum Gasteiger partial charge on any atom is -0.305 e. The quantitative estimate of drug-likeness (QED) is 0.376. The number of nitrogens with zero attached hydrogens (tertiary/aromatic N) is 4. The fourth-order valence-corrected chi connectivity index (χ4v) is 3.48. The molecule has 1 aromatic carbocycles. The second-order valence-electron chi connectivity index (χ2n) is 6.77. The number of urea groups is 1. The van der Waals surface area contributed by atoms with Gasteiger partial charge in [0.1, 0.15) is 17.3 Å². The van der Waals surface area contributed by atoms with E-state index in [1.54, 1.807) is 19.9 Å². The Morgan fingerprint density at radius 3 is 2.15 bits per heavy atom. The van der Waals surface area contributed by atoms with E-state index in [4.69, 9.17) is 5.26 Å². The molecule has 0 saturated carbocycles. The lowest BCUT2D eigenvalue weighted by molar-refractivity contribution is -0.123. The molecule has 0 spiro atoms. The van der Waals surface area contributed by atoms with Crippen LogP contribution < -0.4 is 4.90 Å². The van der Waals surface area contributed by atoms with Crippen LogP contribution in [0.4, 0.5) is 23.7 Å². The molecular formula is C23H27F3N4O2S. The van der Waals surface area contributed by atoms with Gasteiger partial charge < -0.3 is 4.90 Å². The molecule has 1 aromatic heterocycles. The summed E-state index contributed by atoms with van der Waals surface area (Å²) in [6.45, 7) is 11.3. The first-order valence-electron chi connectivity index (χ1n) is 10.4. The van der Waals surface area contributed by atoms with Crippen molar-refractivity contribution in [1.82, 2.24) is 9.88 Å². The number of benzene rings is 1. The van der Waals surface area contributed by atoms with Gasteiger partial charge in [0.15, 0.2) is 0 Å². The number of aromatic nitrogens is 1. The summed E-state index contributed by atoms with van der Waals surface area (Å²) in [5.74, 6) is -0.492. The second-order valence-corrected chi connectivity index (χ2v) is 7.91. The van der Waals surface area contributed by atoms with Gasteiger partial charge in [-0.3, -0.25) is 4.79 Å². The molecule has 10 heteroatoms. The Bertz CT molecular complexity index is 1000. The predicted octanol–water partition coefficient (Wildman–Crippen LogP) is 6.36. The zero-order valence-corrected chi connectivity index (χ0v) is 20.2. The molecule has 1 aliphatic heterocycles. The second kappa shape index (κ2) is 11.7. The maximum Gasteiger partial charge on any atom is 0.446 e. The summed E-state index contributed by atoms with van der Waals surface area (Å²) in [4.78, 5) is 32.0. The number of thioether (sulfide) groups is 1. The summed E-state index contributed by atoms with van der Waals surface area (Å²) in [5, 5.41) is 8.98. The van der Waals surface area contributed by atoms with Crippen LogP contribution in [-0.2, 0) is 11.3 Å². The van der Waals surface area contributed by atoms with Gasteiger partial charge in [-0.05, 0) is 67.6 Å². The van der Waals surface area contributed by atoms with Gasteiger partial charge >= 0.3 is 11.5 Å². The van der Waals surface area contributed by atoms with Gasteiger partial charge in [0.25, 0.3) is 5.91 Å². The summed E-state index contributed by atoms with van der Waals surface area (Å²) >= 11 is -0.272. The fourth-order valence-electron chi connectivity index (χ4n) is 2.94. The van der Waals surface area contributed by atoms with Crippen molar-refractivity contribution in [3.63, 3.8) is 0 Å². The Hall–Kier alpha value is -3.06. The third kappa shape index (κ3) is 6.71. The van der Waals surface area contributed by atoms with E-state index in [9.17, 15) is 22.8 Å². The Morgan fingerprint density at radius 2 is 1.64 bits per heavy atom. The number of hydrogen-bond donors (Lipinski definition) is 0. The summed E-state index contributed by atoms with van der Waals surface area (Å²) in [6, 6.07) is 9.54. The molecular weight excluding hydrogens is 453 g/mol. The van der Waals surface area contributed by atoms with Gasteiger partial charge in [-0.1, -0.05) is 27.7 Å². The van der Waals surface area contributed by atoms with E-state index < -0.39 is 23.0 Å². The van der Waals surface area contributed by atoms with Gasteiger partial charge in [-0.15, -0.1) is 0 Å². The molecule has 33 heavy (non-hydrogen) atoms. The van der Waals surface area contributed by atoms with Gasteiger partial charge in [0, 0.05) is 17.6 Å². The number of nitriles is 1. The smallest absolute Gasteiger partial charge is 0.305 e. The van der Waals surface area contributed by atoms with E-state index in [1.807, 2.05) is 33.8 Å². The van der Waals surface area contributed by atoms with E-state index >= 15 is 0 Å². The fraction of sp³-hybridized carbons (Fsp3) is 0.391. The first-order valence-corrected chi connectivity index (χ1v) is 11.2. The number of hydrogen-bond acceptors (Lipinski definition) is 5. The molecule has 6 nitrogen and oxygen atoms in total. The predicted molar refractivity (Wildman–Crippen MR) is 123 cm³/mol. The minimum absolute atomic E-state index is 0.0442. The first kappa shape index (κ1) is 28.0. The van der Waals surface area contributed by atoms with E-state index in [1.165, 1.54) is 41.4 Å². The summed E-state index contributed by atoms with van der Waals surface area (Å²) < 4.78 is 37.5. The van der Waals surface area contributed by atoms with Crippen LogP contribution in [0, 0.1) is 11.3 Å². The van der Waals surface area contributed by atoms with Crippen LogP contribution in [0.15, 0.2) is 47.5 Å². The van der Waals surface area contributed by atoms with Gasteiger partial charge in [-0.2, -0.15) is 18.4 Å². The monoisotopic (exact) mass is 480 g/mol. The van der Waals surface area contributed by atoms with E-state index in [0.29, 0.717) is 5.56 Å². The number of amides is 3. The molecule has 0 aliphatic carbocycles. The Labute approximate surface area is 196 Å². The number of halogens is 3. The number of imide groups is 1. The van der Waals surface area contributed by atoms with Crippen LogP contribution >= 0.6 is 11.8 Å². The Kier molecular flexibility index (Phi) is 9.92. The van der Waals surface area contributed by atoms with Crippen molar-refractivity contribution in [3.8, 4) is 6.07 Å². The maximum absolute atomic E-state index is 13.0. The Balaban J connectivity index is 0.00000129. The third-order valence-electron chi connectivity index (χ3n) is 4.43. The van der Waals surface area contributed by atoms with Gasteiger partial charge in [0.2, 0.25) is 0 Å². The molecule has 0 N–H and O–H groups in total. The highest BCUT2D eigenvalue weighted by Crippen LogP contribution is 2.38. The normalized spacial score (nSPS) is 14.7. The molecule has 0 unspecified atom stereocenters. The minimum atomic E-state index is -4.42. The topological polar surface area (TPSA) is 77.3 Å². The molecule has 2 heterocycles. The van der Waals surface area contributed by atoms with Crippen molar-refractivity contribution >= 4 is 29.4 Å². The molecule has 2 aromatic rings. The Morgan fingerprint density at radius 1 is 1.06 bits per heavy atom. The standard InChI is InChI=1S/C19H15F3N4O2S.2C2H6/c1-18(2)16(27)26(14-3-5-15(6-4-14)29-19(20,21)22)17(28)25(18)11-12-7-8-24-13(9-12)10-23;2*1-2/h3-9H,11H2,1-2H3;2*1-2H3. The maximum atomic E-state index is 13.0. The molecule has 178 valence electrons. The van der Waals surface area contributed by atoms with Crippen molar-refractivity contribution in [2.45, 2.75) is 64.0 Å². The lowest BCUT2D eigenvalue weighted by atomic mass is 10.0. The van der Waals surface area contributed by atoms with Crippen molar-refractivity contribution in [3.05, 3.63) is 53.9 Å². The number of rotatable bonds is 4. The molecule has 0 atom stereocenters. The summed E-state index contributed by atoms with van der Waals surface area (Å²) in [6.07, 6.45) is 1.44. The highest BCUT2D eigenvalue weighted by molar-refractivity contribution is 8.00. The molecule has 0 bridgehead atoms. The number of alkyl halides is 3. The number of pyridine rings is 1. The molecule has 0 radical (unpaired) electrons. The lowest BCUT2D eigenvalue weighted by Crippen LogP contribution is -2.43. The van der Waals surface area contributed by atoms with Crippen LogP contribution in [0.5, 0.6) is 0 Å². The zero-order chi connectivity index (χ0) is 25.4. The van der Waals surface area contributed by atoms with E-state index in [0.717, 1.165) is 4.90 Å². The van der Waals surface area contributed by atoms with E-state index in [2.05, 4.69) is 4.98 Å². The molecule has 3 amide bonds. The first-order chi connectivity index (χ1) is 15.5. The lowest BCUT2D eigenvalue weighted by Gasteiger charge is -2.27. The highest BCUT2D eigenvalue weighted by Gasteiger charge is 2.51. The third-order valence-corrected chi connectivity index (χ3v) is 5.17. The number of carbonyl (C=O) groups is 2. The SMILES string of the molecule is CC.CC.CC1(C)C(=O)N(c2ccc(SC(F)(F)F)cc2)C(=O)N1Cc1ccnc(C#N)c1. The molecule has 3 rings (SSSR count). The van der Waals surface area contributed by atoms with Crippen molar-refractivity contribution < 1.29 is 22.8 Å². The number of carbonyl (C=O) groups excluding carboxylic acids is 2. The zero-order valence-electron chi connectivity index (χ0n) is 19.4. The van der Waals surface area contributed by atoms with Gasteiger partial charge in [-0.25, -0.2) is 14.7 Å². The van der Waals surface area contributed by atoms with Gasteiger partial charge in [0.05, 0.1) is 5.69 Å². The van der Waals surface area contributed by atoms with Crippen LogP contribution in [0.25, 0.3) is 0 Å². The number of anilines is 1. The van der Waals surface area contributed by atoms with Crippen LogP contribution in [0.1, 0.15) is 52.8 Å². The average molecular weight is 481 g/mol. The summed E-state index contributed by atoms with van der Waals surface area (Å²) in [5.41, 5.74) is -4.59. The average Bonchev–Trinajstić information content (AvgIpc) is 2.96. The van der Waals surface area contributed by atoms with Crippen molar-refractivity contribution in [2.24, 2.45) is 0 Å². The van der Waals surface area contributed by atoms with Crippen LogP contribution in [0.2, 0.25) is 0 Å². The molecule has 1 saturated heterocycles. The van der Waals surface area contributed by atoms with Crippen LogP contribution in [0.3, 0.4) is 0 Å². The molecule has 1 aliphatic rings. The van der Waals surface area contributed by atoms with Crippen molar-refractivity contribution in [1.29, 1.82) is 5.26 Å². The molecule has 1 fully saturated rings. The van der Waals surface area contributed by atoms with Crippen molar-refractivity contribution in [2.75, 3.05) is 4.90 Å². The van der Waals surface area contributed by atoms with Crippen LogP contribution in [-0.4, -0.2) is 32.9 Å².